The summed E-state index contributed by atoms with van der Waals surface area (Å²) < 4.78 is 17.9. The second-order valence-corrected chi connectivity index (χ2v) is 7.41. The summed E-state index contributed by atoms with van der Waals surface area (Å²) >= 11 is 0. The van der Waals surface area contributed by atoms with Gasteiger partial charge in [-0.1, -0.05) is 30.3 Å². The van der Waals surface area contributed by atoms with Gasteiger partial charge in [0.15, 0.2) is 23.0 Å². The number of hydrogen-bond donors (Lipinski definition) is 3. The number of benzene rings is 2. The van der Waals surface area contributed by atoms with E-state index in [0.717, 1.165) is 5.56 Å². The first-order chi connectivity index (χ1) is 16.5. The van der Waals surface area contributed by atoms with E-state index >= 15 is 0 Å². The number of carboxylic acids is 1. The summed E-state index contributed by atoms with van der Waals surface area (Å²) in [5.74, 6) is 0.604. The zero-order valence-corrected chi connectivity index (χ0v) is 18.8. The molecule has 4 rings (SSSR count). The van der Waals surface area contributed by atoms with Crippen LogP contribution in [0.15, 0.2) is 48.7 Å². The van der Waals surface area contributed by atoms with E-state index in [-0.39, 0.29) is 6.42 Å². The van der Waals surface area contributed by atoms with Crippen molar-refractivity contribution in [3.63, 3.8) is 0 Å². The fraction of sp³-hybridized carbons (Fsp3) is 0.208. The molecule has 3 N–H and O–H groups in total. The van der Waals surface area contributed by atoms with Gasteiger partial charge in [0.1, 0.15) is 23.4 Å². The van der Waals surface area contributed by atoms with Crippen LogP contribution >= 0.6 is 0 Å². The molecule has 0 fully saturated rings. The van der Waals surface area contributed by atoms with Gasteiger partial charge < -0.3 is 24.6 Å². The molecule has 174 valence electrons. The van der Waals surface area contributed by atoms with Gasteiger partial charge in [0.05, 0.1) is 21.3 Å². The monoisotopic (exact) mass is 461 g/mol. The molecule has 2 heterocycles. The SMILES string of the molecule is COc1cc(-c2nc3c(C#N)c[nH]n3c2NC(Cc2ccccc2)C(=O)O)cc(OC)c1OC. The first-order valence-electron chi connectivity index (χ1n) is 10.3. The highest BCUT2D eigenvalue weighted by atomic mass is 16.5. The zero-order valence-electron chi connectivity index (χ0n) is 18.8. The van der Waals surface area contributed by atoms with E-state index in [1.165, 1.54) is 27.5 Å². The zero-order chi connectivity index (χ0) is 24.2. The normalized spacial score (nSPS) is 11.6. The summed E-state index contributed by atoms with van der Waals surface area (Å²) in [6.45, 7) is 0. The lowest BCUT2D eigenvalue weighted by Crippen LogP contribution is -2.32. The second kappa shape index (κ2) is 9.46. The van der Waals surface area contributed by atoms with E-state index in [0.29, 0.717) is 45.5 Å². The third-order valence-electron chi connectivity index (χ3n) is 5.41. The molecule has 0 aliphatic heterocycles. The Morgan fingerprint density at radius 3 is 2.41 bits per heavy atom. The van der Waals surface area contributed by atoms with Crippen LogP contribution in [0.3, 0.4) is 0 Å². The van der Waals surface area contributed by atoms with Crippen LogP contribution < -0.4 is 19.5 Å². The average Bonchev–Trinajstić information content (AvgIpc) is 3.42. The molecule has 2 aromatic heterocycles. The van der Waals surface area contributed by atoms with Crippen LogP contribution in [-0.2, 0) is 11.2 Å². The van der Waals surface area contributed by atoms with Crippen molar-refractivity contribution in [2.24, 2.45) is 0 Å². The van der Waals surface area contributed by atoms with Crippen molar-refractivity contribution in [1.29, 1.82) is 5.26 Å². The minimum atomic E-state index is -1.03. The summed E-state index contributed by atoms with van der Waals surface area (Å²) in [6.07, 6.45) is 1.75. The highest BCUT2D eigenvalue weighted by molar-refractivity contribution is 5.84. The molecule has 0 amide bonds. The Labute approximate surface area is 195 Å². The van der Waals surface area contributed by atoms with Gasteiger partial charge in [0, 0.05) is 18.2 Å². The van der Waals surface area contributed by atoms with E-state index in [2.05, 4.69) is 21.5 Å². The van der Waals surface area contributed by atoms with E-state index in [4.69, 9.17) is 14.2 Å². The third kappa shape index (κ3) is 4.06. The Balaban J connectivity index is 1.86. The summed E-state index contributed by atoms with van der Waals surface area (Å²) in [5.41, 5.74) is 2.54. The number of imidazole rings is 1. The van der Waals surface area contributed by atoms with E-state index in [1.54, 1.807) is 16.6 Å². The number of aromatic nitrogens is 3. The number of carboxylic acid groups (broad SMARTS) is 1. The van der Waals surface area contributed by atoms with Crippen molar-refractivity contribution in [2.75, 3.05) is 26.6 Å². The number of H-pyrrole nitrogens is 1. The standard InChI is InChI=1S/C24H23N5O5/c1-32-18-10-15(11-19(33-2)21(18)34-3)20-23(29-22(28-20)16(12-25)13-26-29)27-17(24(30)31)9-14-7-5-4-6-8-14/h4-8,10-11,13,17,26-27H,9H2,1-3H3,(H,30,31). The van der Waals surface area contributed by atoms with Crippen LogP contribution in [0.4, 0.5) is 5.82 Å². The number of anilines is 1. The van der Waals surface area contributed by atoms with Crippen LogP contribution in [-0.4, -0.2) is 53.0 Å². The Kier molecular flexibility index (Phi) is 6.27. The molecule has 4 aromatic rings. The van der Waals surface area contributed by atoms with Crippen LogP contribution in [0.5, 0.6) is 17.2 Å². The minimum absolute atomic E-state index is 0.240. The van der Waals surface area contributed by atoms with Crippen molar-refractivity contribution in [3.8, 4) is 34.6 Å². The van der Waals surface area contributed by atoms with E-state index in [1.807, 2.05) is 30.3 Å². The molecule has 2 aromatic carbocycles. The molecule has 0 bridgehead atoms. The lowest BCUT2D eigenvalue weighted by atomic mass is 10.1. The number of methoxy groups -OCH3 is 3. The van der Waals surface area contributed by atoms with Gasteiger partial charge in [-0.15, -0.1) is 0 Å². The number of aromatic amines is 1. The highest BCUT2D eigenvalue weighted by Crippen LogP contribution is 2.42. The predicted molar refractivity (Wildman–Crippen MR) is 125 cm³/mol. The van der Waals surface area contributed by atoms with Crippen LogP contribution in [0.25, 0.3) is 16.9 Å². The molecule has 0 aliphatic rings. The number of fused-ring (bicyclic) bond motifs is 1. The van der Waals surface area contributed by atoms with Gasteiger partial charge in [0.25, 0.3) is 0 Å². The third-order valence-corrected chi connectivity index (χ3v) is 5.41. The summed E-state index contributed by atoms with van der Waals surface area (Å²) in [6, 6.07) is 13.9. The fourth-order valence-electron chi connectivity index (χ4n) is 3.77. The molecule has 0 spiro atoms. The average molecular weight is 461 g/mol. The molecule has 34 heavy (non-hydrogen) atoms. The van der Waals surface area contributed by atoms with E-state index < -0.39 is 12.0 Å². The van der Waals surface area contributed by atoms with Crippen molar-refractivity contribution in [3.05, 3.63) is 59.8 Å². The van der Waals surface area contributed by atoms with Crippen molar-refractivity contribution in [1.82, 2.24) is 14.6 Å². The molecule has 1 unspecified atom stereocenters. The predicted octanol–water partition coefficient (Wildman–Crippen LogP) is 3.33. The maximum Gasteiger partial charge on any atom is 0.326 e. The summed E-state index contributed by atoms with van der Waals surface area (Å²) in [4.78, 5) is 16.8. The largest absolute Gasteiger partial charge is 0.493 e. The number of carbonyl (C=O) groups is 1. The highest BCUT2D eigenvalue weighted by Gasteiger charge is 2.26. The lowest BCUT2D eigenvalue weighted by molar-refractivity contribution is -0.137. The quantitative estimate of drug-likeness (QED) is 0.346. The van der Waals surface area contributed by atoms with Crippen molar-refractivity contribution < 1.29 is 24.1 Å². The number of nitriles is 1. The Bertz CT molecular complexity index is 1340. The maximum atomic E-state index is 12.1. The van der Waals surface area contributed by atoms with Gasteiger partial charge in [-0.2, -0.15) is 5.26 Å². The number of hydrogen-bond acceptors (Lipinski definition) is 7. The molecule has 0 saturated heterocycles. The molecule has 1 atom stereocenters. The molecular formula is C24H23N5O5. The molecule has 10 nitrogen and oxygen atoms in total. The number of ether oxygens (including phenoxy) is 3. The molecule has 10 heteroatoms. The van der Waals surface area contributed by atoms with Gasteiger partial charge in [-0.05, 0) is 17.7 Å². The van der Waals surface area contributed by atoms with Crippen LogP contribution in [0.2, 0.25) is 0 Å². The first-order valence-corrected chi connectivity index (χ1v) is 10.3. The minimum Gasteiger partial charge on any atom is -0.493 e. The second-order valence-electron chi connectivity index (χ2n) is 7.41. The van der Waals surface area contributed by atoms with Gasteiger partial charge >= 0.3 is 5.97 Å². The van der Waals surface area contributed by atoms with Crippen LogP contribution in [0, 0.1) is 11.3 Å². The molecular weight excluding hydrogens is 438 g/mol. The van der Waals surface area contributed by atoms with E-state index in [9.17, 15) is 15.2 Å². The van der Waals surface area contributed by atoms with Gasteiger partial charge in [-0.25, -0.2) is 14.3 Å². The Morgan fingerprint density at radius 2 is 1.85 bits per heavy atom. The Morgan fingerprint density at radius 1 is 1.18 bits per heavy atom. The van der Waals surface area contributed by atoms with Gasteiger partial charge in [-0.3, -0.25) is 5.10 Å². The van der Waals surface area contributed by atoms with Gasteiger partial charge in [0.2, 0.25) is 5.75 Å². The topological polar surface area (TPSA) is 134 Å². The number of rotatable bonds is 9. The summed E-state index contributed by atoms with van der Waals surface area (Å²) in [7, 11) is 4.52. The molecule has 0 saturated carbocycles. The Hall–Kier alpha value is -4.65. The fourth-order valence-corrected chi connectivity index (χ4v) is 3.77. The number of aliphatic carboxylic acids is 1. The molecule has 0 aliphatic carbocycles. The number of nitrogens with zero attached hydrogens (tertiary/aromatic N) is 3. The van der Waals surface area contributed by atoms with Crippen LogP contribution in [0.1, 0.15) is 11.1 Å². The summed E-state index contributed by atoms with van der Waals surface area (Å²) in [5, 5.41) is 25.5. The number of nitrogens with one attached hydrogen (secondary N) is 2. The maximum absolute atomic E-state index is 12.1. The lowest BCUT2D eigenvalue weighted by Gasteiger charge is -2.17. The smallest absolute Gasteiger partial charge is 0.326 e. The van der Waals surface area contributed by atoms with Crippen molar-refractivity contribution >= 4 is 17.4 Å². The first kappa shape index (κ1) is 22.5. The van der Waals surface area contributed by atoms with Crippen molar-refractivity contribution in [2.45, 2.75) is 12.5 Å². The molecule has 0 radical (unpaired) electrons.